The van der Waals surface area contributed by atoms with E-state index in [0.717, 1.165) is 30.4 Å². The monoisotopic (exact) mass is 312 g/mol. The molecule has 1 aromatic rings. The molecular weight excluding hydrogens is 284 g/mol. The van der Waals surface area contributed by atoms with Gasteiger partial charge in [-0.3, -0.25) is 0 Å². The van der Waals surface area contributed by atoms with E-state index < -0.39 is 10.0 Å². The molecule has 0 aliphatic rings. The fourth-order valence-electron chi connectivity index (χ4n) is 2.29. The first kappa shape index (κ1) is 18.1. The summed E-state index contributed by atoms with van der Waals surface area (Å²) < 4.78 is 27.5. The van der Waals surface area contributed by atoms with Gasteiger partial charge in [0.25, 0.3) is 0 Å². The van der Waals surface area contributed by atoms with E-state index in [4.69, 9.17) is 0 Å². The van der Waals surface area contributed by atoms with Gasteiger partial charge in [0.2, 0.25) is 10.0 Å². The molecule has 0 amide bonds. The maximum Gasteiger partial charge on any atom is 0.240 e. The Morgan fingerprint density at radius 3 is 2.52 bits per heavy atom. The Morgan fingerprint density at radius 2 is 1.90 bits per heavy atom. The molecule has 0 saturated carbocycles. The molecule has 2 N–H and O–H groups in total. The molecule has 0 spiro atoms. The van der Waals surface area contributed by atoms with Crippen molar-refractivity contribution in [3.8, 4) is 0 Å². The summed E-state index contributed by atoms with van der Waals surface area (Å²) in [5.74, 6) is 0.669. The molecule has 1 rings (SSSR count). The van der Waals surface area contributed by atoms with E-state index in [9.17, 15) is 8.42 Å². The van der Waals surface area contributed by atoms with E-state index >= 15 is 0 Å². The second-order valence-corrected chi connectivity index (χ2v) is 7.59. The van der Waals surface area contributed by atoms with Crippen LogP contribution < -0.4 is 10.0 Å². The lowest BCUT2D eigenvalue weighted by molar-refractivity contribution is 0.530. The first-order valence-electron chi connectivity index (χ1n) is 7.61. The van der Waals surface area contributed by atoms with Gasteiger partial charge in [-0.25, -0.2) is 13.1 Å². The molecule has 0 aliphatic heterocycles. The van der Waals surface area contributed by atoms with Gasteiger partial charge in [0.15, 0.2) is 0 Å². The highest BCUT2D eigenvalue weighted by atomic mass is 32.2. The van der Waals surface area contributed by atoms with E-state index in [1.165, 1.54) is 0 Å². The Morgan fingerprint density at radius 1 is 1.19 bits per heavy atom. The van der Waals surface area contributed by atoms with E-state index in [1.54, 1.807) is 12.1 Å². The summed E-state index contributed by atoms with van der Waals surface area (Å²) in [6.07, 6.45) is 3.07. The van der Waals surface area contributed by atoms with E-state index in [2.05, 4.69) is 23.9 Å². The molecule has 21 heavy (non-hydrogen) atoms. The molecule has 1 aromatic carbocycles. The van der Waals surface area contributed by atoms with Gasteiger partial charge < -0.3 is 5.32 Å². The number of hydrogen-bond donors (Lipinski definition) is 2. The van der Waals surface area contributed by atoms with Gasteiger partial charge in [0.1, 0.15) is 0 Å². The van der Waals surface area contributed by atoms with Crippen LogP contribution in [0.2, 0.25) is 0 Å². The zero-order valence-corrected chi connectivity index (χ0v) is 14.4. The Kier molecular flexibility index (Phi) is 7.35. The zero-order chi connectivity index (χ0) is 15.9. The molecule has 0 aliphatic carbocycles. The van der Waals surface area contributed by atoms with Crippen molar-refractivity contribution in [2.75, 3.05) is 13.6 Å². The van der Waals surface area contributed by atoms with Crippen LogP contribution in [-0.2, 0) is 16.6 Å². The molecule has 120 valence electrons. The predicted molar refractivity (Wildman–Crippen MR) is 87.8 cm³/mol. The highest BCUT2D eigenvalue weighted by Crippen LogP contribution is 2.19. The van der Waals surface area contributed by atoms with Crippen LogP contribution in [0.15, 0.2) is 23.1 Å². The third kappa shape index (κ3) is 5.77. The van der Waals surface area contributed by atoms with E-state index in [1.807, 2.05) is 20.0 Å². The van der Waals surface area contributed by atoms with E-state index in [0.29, 0.717) is 23.9 Å². The largest absolute Gasteiger partial charge is 0.316 e. The summed E-state index contributed by atoms with van der Waals surface area (Å²) in [4.78, 5) is 0.388. The van der Waals surface area contributed by atoms with Crippen molar-refractivity contribution < 1.29 is 8.42 Å². The van der Waals surface area contributed by atoms with Gasteiger partial charge in [-0.15, -0.1) is 0 Å². The van der Waals surface area contributed by atoms with Gasteiger partial charge in [-0.05, 0) is 43.5 Å². The van der Waals surface area contributed by atoms with Crippen LogP contribution in [0.3, 0.4) is 0 Å². The van der Waals surface area contributed by atoms with Gasteiger partial charge in [-0.1, -0.05) is 38.8 Å². The average molecular weight is 312 g/mol. The molecule has 0 unspecified atom stereocenters. The molecule has 0 heterocycles. The zero-order valence-electron chi connectivity index (χ0n) is 13.6. The lowest BCUT2D eigenvalue weighted by Crippen LogP contribution is -2.26. The molecular formula is C16H28N2O2S. The highest BCUT2D eigenvalue weighted by molar-refractivity contribution is 7.89. The Labute approximate surface area is 129 Å². The van der Waals surface area contributed by atoms with Gasteiger partial charge in [0.05, 0.1) is 4.90 Å². The standard InChI is InChI=1S/C16H28N2O2S/c1-13(2)8-5-6-11-18-21(19,20)16-10-7-9-15(12-17-4)14(16)3/h7,9-10,13,17-18H,5-6,8,11-12H2,1-4H3. The Hall–Kier alpha value is -0.910. The Balaban J connectivity index is 2.68. The van der Waals surface area contributed by atoms with Crippen LogP contribution in [0.5, 0.6) is 0 Å². The third-order valence-electron chi connectivity index (χ3n) is 3.55. The number of nitrogens with one attached hydrogen (secondary N) is 2. The lowest BCUT2D eigenvalue weighted by Gasteiger charge is -2.13. The van der Waals surface area contributed by atoms with Crippen molar-refractivity contribution >= 4 is 10.0 Å². The summed E-state index contributed by atoms with van der Waals surface area (Å²) in [6, 6.07) is 5.42. The second kappa shape index (κ2) is 8.51. The molecule has 0 bridgehead atoms. The third-order valence-corrected chi connectivity index (χ3v) is 5.16. The molecule has 0 saturated heterocycles. The summed E-state index contributed by atoms with van der Waals surface area (Å²) >= 11 is 0. The minimum absolute atomic E-state index is 0.388. The van der Waals surface area contributed by atoms with Crippen molar-refractivity contribution in [1.29, 1.82) is 0 Å². The predicted octanol–water partition coefficient (Wildman–Crippen LogP) is 2.82. The topological polar surface area (TPSA) is 58.2 Å². The van der Waals surface area contributed by atoms with Gasteiger partial charge in [-0.2, -0.15) is 0 Å². The normalized spacial score (nSPS) is 12.0. The lowest BCUT2D eigenvalue weighted by atomic mass is 10.1. The Bertz CT molecular complexity index is 539. The van der Waals surface area contributed by atoms with Crippen LogP contribution in [-0.4, -0.2) is 22.0 Å². The maximum absolute atomic E-state index is 12.4. The van der Waals surface area contributed by atoms with Gasteiger partial charge >= 0.3 is 0 Å². The maximum atomic E-state index is 12.4. The molecule has 5 heteroatoms. The van der Waals surface area contributed by atoms with Crippen molar-refractivity contribution in [2.45, 2.75) is 51.5 Å². The van der Waals surface area contributed by atoms with Crippen LogP contribution in [0.4, 0.5) is 0 Å². The number of sulfonamides is 1. The van der Waals surface area contributed by atoms with Crippen LogP contribution in [0.1, 0.15) is 44.2 Å². The van der Waals surface area contributed by atoms with Crippen LogP contribution >= 0.6 is 0 Å². The van der Waals surface area contributed by atoms with Crippen molar-refractivity contribution in [1.82, 2.24) is 10.0 Å². The number of benzene rings is 1. The fourth-order valence-corrected chi connectivity index (χ4v) is 3.66. The number of hydrogen-bond acceptors (Lipinski definition) is 3. The number of unbranched alkanes of at least 4 members (excludes halogenated alkanes) is 1. The smallest absolute Gasteiger partial charge is 0.240 e. The van der Waals surface area contributed by atoms with Crippen LogP contribution in [0, 0.1) is 12.8 Å². The molecule has 0 atom stereocenters. The summed E-state index contributed by atoms with van der Waals surface area (Å²) in [6.45, 7) is 7.40. The van der Waals surface area contributed by atoms with E-state index in [-0.39, 0.29) is 0 Å². The first-order valence-corrected chi connectivity index (χ1v) is 9.09. The van der Waals surface area contributed by atoms with Gasteiger partial charge in [0, 0.05) is 13.1 Å². The first-order chi connectivity index (χ1) is 9.88. The minimum atomic E-state index is -3.41. The highest BCUT2D eigenvalue weighted by Gasteiger charge is 2.17. The molecule has 0 radical (unpaired) electrons. The summed E-state index contributed by atoms with van der Waals surface area (Å²) in [5.41, 5.74) is 1.83. The molecule has 4 nitrogen and oxygen atoms in total. The summed E-state index contributed by atoms with van der Waals surface area (Å²) in [7, 11) is -1.56. The SMILES string of the molecule is CNCc1cccc(S(=O)(=O)NCCCCC(C)C)c1C. The molecule has 0 fully saturated rings. The summed E-state index contributed by atoms with van der Waals surface area (Å²) in [5, 5.41) is 3.06. The molecule has 0 aromatic heterocycles. The number of rotatable bonds is 9. The van der Waals surface area contributed by atoms with Crippen molar-refractivity contribution in [3.05, 3.63) is 29.3 Å². The second-order valence-electron chi connectivity index (χ2n) is 5.86. The van der Waals surface area contributed by atoms with Crippen molar-refractivity contribution in [3.63, 3.8) is 0 Å². The minimum Gasteiger partial charge on any atom is -0.316 e. The fraction of sp³-hybridized carbons (Fsp3) is 0.625. The van der Waals surface area contributed by atoms with Crippen molar-refractivity contribution in [2.24, 2.45) is 5.92 Å². The average Bonchev–Trinajstić information content (AvgIpc) is 2.40. The quantitative estimate of drug-likeness (QED) is 0.689. The van der Waals surface area contributed by atoms with Crippen LogP contribution in [0.25, 0.3) is 0 Å².